The van der Waals surface area contributed by atoms with Crippen LogP contribution in [0.15, 0.2) is 29.2 Å². The zero-order valence-electron chi connectivity index (χ0n) is 13.2. The monoisotopic (exact) mass is 327 g/mol. The van der Waals surface area contributed by atoms with E-state index in [9.17, 15) is 4.79 Å². The van der Waals surface area contributed by atoms with E-state index in [-0.39, 0.29) is 11.2 Å². The molecular formula is C17H26ClNOS. The van der Waals surface area contributed by atoms with Gasteiger partial charge in [0.15, 0.2) is 0 Å². The fraction of sp³-hybridized carbons (Fsp3) is 0.588. The molecule has 0 fully saturated rings. The number of hydrogen-bond donors (Lipinski definition) is 1. The van der Waals surface area contributed by atoms with Gasteiger partial charge in [0.25, 0.3) is 0 Å². The van der Waals surface area contributed by atoms with E-state index in [1.54, 1.807) is 11.8 Å². The Morgan fingerprint density at radius 2 is 1.95 bits per heavy atom. The van der Waals surface area contributed by atoms with Crippen LogP contribution in [0.2, 0.25) is 5.02 Å². The first kappa shape index (κ1) is 18.4. The number of halogens is 1. The molecule has 0 saturated carbocycles. The van der Waals surface area contributed by atoms with Gasteiger partial charge in [-0.3, -0.25) is 4.79 Å². The molecule has 1 amide bonds. The van der Waals surface area contributed by atoms with Gasteiger partial charge in [-0.15, -0.1) is 11.8 Å². The summed E-state index contributed by atoms with van der Waals surface area (Å²) in [7, 11) is 0. The fourth-order valence-electron chi connectivity index (χ4n) is 2.10. The Balaban J connectivity index is 2.38. The van der Waals surface area contributed by atoms with Crippen LogP contribution in [0.3, 0.4) is 0 Å². The summed E-state index contributed by atoms with van der Waals surface area (Å²) in [5, 5.41) is 3.72. The molecule has 1 rings (SSSR count). The van der Waals surface area contributed by atoms with Gasteiger partial charge in [-0.2, -0.15) is 0 Å². The highest BCUT2D eigenvalue weighted by Crippen LogP contribution is 2.24. The van der Waals surface area contributed by atoms with Gasteiger partial charge in [-0.05, 0) is 43.5 Å². The lowest BCUT2D eigenvalue weighted by Gasteiger charge is -2.17. The molecule has 2 atom stereocenters. The van der Waals surface area contributed by atoms with Crippen LogP contribution in [0.4, 0.5) is 0 Å². The zero-order chi connectivity index (χ0) is 15.7. The molecule has 0 bridgehead atoms. The summed E-state index contributed by atoms with van der Waals surface area (Å²) < 4.78 is 0. The van der Waals surface area contributed by atoms with Crippen molar-refractivity contribution >= 4 is 29.3 Å². The number of thioether (sulfide) groups is 1. The van der Waals surface area contributed by atoms with Gasteiger partial charge in [-0.1, -0.05) is 44.7 Å². The minimum atomic E-state index is -0.0881. The molecule has 0 heterocycles. The van der Waals surface area contributed by atoms with Crippen molar-refractivity contribution in [3.63, 3.8) is 0 Å². The van der Waals surface area contributed by atoms with Crippen LogP contribution in [-0.2, 0) is 4.79 Å². The molecule has 2 nitrogen and oxygen atoms in total. The molecular weight excluding hydrogens is 302 g/mol. The molecule has 1 N–H and O–H groups in total. The van der Waals surface area contributed by atoms with Crippen molar-refractivity contribution in [2.45, 2.75) is 56.6 Å². The van der Waals surface area contributed by atoms with E-state index >= 15 is 0 Å². The van der Waals surface area contributed by atoms with E-state index in [0.717, 1.165) is 22.9 Å². The molecule has 0 spiro atoms. The summed E-state index contributed by atoms with van der Waals surface area (Å²) in [6.07, 6.45) is 4.78. The summed E-state index contributed by atoms with van der Waals surface area (Å²) in [6, 6.07) is 7.61. The zero-order valence-corrected chi connectivity index (χ0v) is 14.8. The van der Waals surface area contributed by atoms with Gasteiger partial charge in [-0.25, -0.2) is 0 Å². The first-order valence-electron chi connectivity index (χ1n) is 7.76. The van der Waals surface area contributed by atoms with Crippen LogP contribution in [-0.4, -0.2) is 17.7 Å². The standard InChI is InChI=1S/C17H26ClNOS/c1-4-6-7-14(5-2)12-19-17(20)13(3)21-16-10-8-15(18)9-11-16/h8-11,13-14H,4-7,12H2,1-3H3,(H,19,20)/t13-,14-/m1/s1. The Labute approximate surface area is 138 Å². The summed E-state index contributed by atoms with van der Waals surface area (Å²) in [5.41, 5.74) is 0. The topological polar surface area (TPSA) is 29.1 Å². The van der Waals surface area contributed by atoms with Gasteiger partial charge < -0.3 is 5.32 Å². The van der Waals surface area contributed by atoms with E-state index < -0.39 is 0 Å². The van der Waals surface area contributed by atoms with Gasteiger partial charge in [0, 0.05) is 16.5 Å². The SMILES string of the molecule is CCCC[C@@H](CC)CNC(=O)[C@@H](C)Sc1ccc(Cl)cc1. The van der Waals surface area contributed by atoms with Crippen LogP contribution in [0, 0.1) is 5.92 Å². The number of rotatable bonds is 9. The third-order valence-corrected chi connectivity index (χ3v) is 4.97. The minimum absolute atomic E-state index is 0.0881. The van der Waals surface area contributed by atoms with E-state index in [4.69, 9.17) is 11.6 Å². The maximum absolute atomic E-state index is 12.2. The third-order valence-electron chi connectivity index (χ3n) is 3.60. The molecule has 1 aromatic carbocycles. The Hall–Kier alpha value is -0.670. The smallest absolute Gasteiger partial charge is 0.233 e. The lowest BCUT2D eigenvalue weighted by atomic mass is 9.99. The van der Waals surface area contributed by atoms with Gasteiger partial charge >= 0.3 is 0 Å². The summed E-state index contributed by atoms with van der Waals surface area (Å²) in [5.74, 6) is 0.714. The van der Waals surface area contributed by atoms with Gasteiger partial charge in [0.2, 0.25) is 5.91 Å². The van der Waals surface area contributed by atoms with E-state index in [1.807, 2.05) is 31.2 Å². The van der Waals surface area contributed by atoms with E-state index in [0.29, 0.717) is 5.92 Å². The predicted molar refractivity (Wildman–Crippen MR) is 93.1 cm³/mol. The maximum Gasteiger partial charge on any atom is 0.233 e. The van der Waals surface area contributed by atoms with Crippen molar-refractivity contribution in [2.75, 3.05) is 6.54 Å². The first-order valence-corrected chi connectivity index (χ1v) is 9.02. The second-order valence-corrected chi connectivity index (χ2v) is 7.23. The molecule has 118 valence electrons. The number of benzene rings is 1. The van der Waals surface area contributed by atoms with Crippen molar-refractivity contribution < 1.29 is 4.79 Å². The van der Waals surface area contributed by atoms with Crippen LogP contribution in [0.25, 0.3) is 0 Å². The molecule has 0 saturated heterocycles. The Kier molecular flexibility index (Phi) is 8.86. The largest absolute Gasteiger partial charge is 0.355 e. The molecule has 4 heteroatoms. The molecule has 0 radical (unpaired) electrons. The van der Waals surface area contributed by atoms with Crippen LogP contribution < -0.4 is 5.32 Å². The fourth-order valence-corrected chi connectivity index (χ4v) is 3.12. The molecule has 0 aliphatic rings. The van der Waals surface area contributed by atoms with Crippen molar-refractivity contribution in [3.05, 3.63) is 29.3 Å². The van der Waals surface area contributed by atoms with Crippen LogP contribution >= 0.6 is 23.4 Å². The van der Waals surface area contributed by atoms with Crippen molar-refractivity contribution in [1.82, 2.24) is 5.32 Å². The first-order chi connectivity index (χ1) is 10.1. The van der Waals surface area contributed by atoms with Crippen molar-refractivity contribution in [3.8, 4) is 0 Å². The van der Waals surface area contributed by atoms with Crippen LogP contribution in [0.1, 0.15) is 46.5 Å². The average molecular weight is 328 g/mol. The summed E-state index contributed by atoms with van der Waals surface area (Å²) in [6.45, 7) is 7.14. The minimum Gasteiger partial charge on any atom is -0.355 e. The number of unbranched alkanes of at least 4 members (excludes halogenated alkanes) is 1. The maximum atomic E-state index is 12.2. The molecule has 21 heavy (non-hydrogen) atoms. The van der Waals surface area contributed by atoms with Crippen molar-refractivity contribution in [2.24, 2.45) is 5.92 Å². The van der Waals surface area contributed by atoms with Gasteiger partial charge in [0.05, 0.1) is 5.25 Å². The predicted octanol–water partition coefficient (Wildman–Crippen LogP) is 5.15. The number of amides is 1. The number of nitrogens with one attached hydrogen (secondary N) is 1. The second-order valence-electron chi connectivity index (χ2n) is 5.38. The quantitative estimate of drug-likeness (QED) is 0.635. The highest BCUT2D eigenvalue weighted by molar-refractivity contribution is 8.00. The van der Waals surface area contributed by atoms with Gasteiger partial charge in [0.1, 0.15) is 0 Å². The number of hydrogen-bond acceptors (Lipinski definition) is 2. The van der Waals surface area contributed by atoms with E-state index in [1.165, 1.54) is 19.3 Å². The summed E-state index contributed by atoms with van der Waals surface area (Å²) in [4.78, 5) is 13.2. The Morgan fingerprint density at radius 1 is 1.29 bits per heavy atom. The number of carbonyl (C=O) groups excluding carboxylic acids is 1. The molecule has 0 aliphatic carbocycles. The third kappa shape index (κ3) is 7.23. The Morgan fingerprint density at radius 3 is 2.52 bits per heavy atom. The van der Waals surface area contributed by atoms with E-state index in [2.05, 4.69) is 19.2 Å². The highest BCUT2D eigenvalue weighted by atomic mass is 35.5. The highest BCUT2D eigenvalue weighted by Gasteiger charge is 2.15. The second kappa shape index (κ2) is 10.1. The number of carbonyl (C=O) groups is 1. The lowest BCUT2D eigenvalue weighted by Crippen LogP contribution is -2.34. The summed E-state index contributed by atoms with van der Waals surface area (Å²) >= 11 is 7.43. The average Bonchev–Trinajstić information content (AvgIpc) is 2.49. The molecule has 1 aromatic rings. The Bertz CT molecular complexity index is 421. The molecule has 0 unspecified atom stereocenters. The van der Waals surface area contributed by atoms with Crippen LogP contribution in [0.5, 0.6) is 0 Å². The molecule has 0 aliphatic heterocycles. The lowest BCUT2D eigenvalue weighted by molar-refractivity contribution is -0.120. The normalized spacial score (nSPS) is 13.7. The van der Waals surface area contributed by atoms with Crippen molar-refractivity contribution in [1.29, 1.82) is 0 Å². The molecule has 0 aromatic heterocycles.